The minimum absolute atomic E-state index is 0.237. The number of nitrogens with one attached hydrogen (secondary N) is 1. The van der Waals surface area contributed by atoms with Gasteiger partial charge >= 0.3 is 0 Å². The lowest BCUT2D eigenvalue weighted by molar-refractivity contribution is 0.217. The molecule has 1 unspecified atom stereocenters. The highest BCUT2D eigenvalue weighted by Gasteiger charge is 2.32. The highest BCUT2D eigenvalue weighted by Crippen LogP contribution is 2.26. The zero-order valence-corrected chi connectivity index (χ0v) is 13.9. The standard InChI is InChI=1S/C17H21N3O2S/c1-15-14-19(13-12-18-15)20(16-8-4-2-5-9-16)23(21,22)17-10-6-3-7-11-17/h2-11,15,18H,12-14H2,1H3. The Kier molecular flexibility index (Phi) is 4.66. The van der Waals surface area contributed by atoms with Crippen molar-refractivity contribution in [3.8, 4) is 0 Å². The summed E-state index contributed by atoms with van der Waals surface area (Å²) in [6.07, 6.45) is 0. The van der Waals surface area contributed by atoms with Gasteiger partial charge in [0, 0.05) is 25.7 Å². The van der Waals surface area contributed by atoms with Gasteiger partial charge in [-0.2, -0.15) is 12.8 Å². The fraction of sp³-hybridized carbons (Fsp3) is 0.294. The Balaban J connectivity index is 2.05. The summed E-state index contributed by atoms with van der Waals surface area (Å²) in [6, 6.07) is 18.1. The molecule has 0 aromatic heterocycles. The molecule has 122 valence electrons. The monoisotopic (exact) mass is 331 g/mol. The summed E-state index contributed by atoms with van der Waals surface area (Å²) in [5.41, 5.74) is 0.658. The van der Waals surface area contributed by atoms with E-state index in [4.69, 9.17) is 0 Å². The summed E-state index contributed by atoms with van der Waals surface area (Å²) in [5.74, 6) is 0. The van der Waals surface area contributed by atoms with Crippen LogP contribution in [0.4, 0.5) is 5.69 Å². The van der Waals surface area contributed by atoms with E-state index in [-0.39, 0.29) is 6.04 Å². The Morgan fingerprint density at radius 1 is 1.04 bits per heavy atom. The molecule has 0 radical (unpaired) electrons. The van der Waals surface area contributed by atoms with Crippen molar-refractivity contribution in [3.63, 3.8) is 0 Å². The van der Waals surface area contributed by atoms with Gasteiger partial charge in [0.2, 0.25) is 0 Å². The molecule has 0 spiro atoms. The molecule has 1 aliphatic heterocycles. The van der Waals surface area contributed by atoms with Gasteiger partial charge in [0.1, 0.15) is 0 Å². The molecule has 1 saturated heterocycles. The van der Waals surface area contributed by atoms with E-state index in [1.807, 2.05) is 41.4 Å². The summed E-state index contributed by atoms with van der Waals surface area (Å²) >= 11 is 0. The molecule has 1 atom stereocenters. The molecule has 1 N–H and O–H groups in total. The topological polar surface area (TPSA) is 52.7 Å². The van der Waals surface area contributed by atoms with Crippen LogP contribution in [0.3, 0.4) is 0 Å². The average Bonchev–Trinajstić information content (AvgIpc) is 2.57. The van der Waals surface area contributed by atoms with Gasteiger partial charge in [-0.3, -0.25) is 0 Å². The molecule has 3 rings (SSSR count). The van der Waals surface area contributed by atoms with Gasteiger partial charge in [-0.25, -0.2) is 5.01 Å². The first-order valence-corrected chi connectivity index (χ1v) is 9.17. The maximum absolute atomic E-state index is 13.2. The van der Waals surface area contributed by atoms with E-state index in [1.54, 1.807) is 24.3 Å². The summed E-state index contributed by atoms with van der Waals surface area (Å²) < 4.78 is 27.8. The van der Waals surface area contributed by atoms with Gasteiger partial charge in [-0.05, 0) is 31.2 Å². The van der Waals surface area contributed by atoms with Crippen LogP contribution in [0.1, 0.15) is 6.92 Å². The maximum Gasteiger partial charge on any atom is 0.277 e. The first kappa shape index (κ1) is 16.0. The highest BCUT2D eigenvalue weighted by atomic mass is 32.2. The third-order valence-corrected chi connectivity index (χ3v) is 5.62. The number of nitrogens with zero attached hydrogens (tertiary/aromatic N) is 2. The van der Waals surface area contributed by atoms with Gasteiger partial charge in [0.25, 0.3) is 10.0 Å². The lowest BCUT2D eigenvalue weighted by Crippen LogP contribution is -2.57. The minimum Gasteiger partial charge on any atom is -0.312 e. The van der Waals surface area contributed by atoms with E-state index >= 15 is 0 Å². The van der Waals surface area contributed by atoms with E-state index < -0.39 is 10.0 Å². The molecule has 2 aromatic carbocycles. The molecular formula is C17H21N3O2S. The van der Waals surface area contributed by atoms with Crippen LogP contribution in [-0.4, -0.2) is 39.1 Å². The van der Waals surface area contributed by atoms with Crippen LogP contribution in [-0.2, 0) is 10.0 Å². The van der Waals surface area contributed by atoms with Crippen molar-refractivity contribution < 1.29 is 8.42 Å². The van der Waals surface area contributed by atoms with Crippen molar-refractivity contribution in [1.29, 1.82) is 0 Å². The van der Waals surface area contributed by atoms with Crippen LogP contribution >= 0.6 is 0 Å². The molecule has 0 saturated carbocycles. The number of benzene rings is 2. The number of hydrogen-bond acceptors (Lipinski definition) is 4. The first-order chi connectivity index (χ1) is 11.1. The number of anilines is 1. The van der Waals surface area contributed by atoms with Crippen LogP contribution in [0.2, 0.25) is 0 Å². The van der Waals surface area contributed by atoms with E-state index in [9.17, 15) is 8.42 Å². The highest BCUT2D eigenvalue weighted by molar-refractivity contribution is 7.92. The average molecular weight is 331 g/mol. The number of sulfonamides is 1. The molecule has 2 aromatic rings. The number of hydrogen-bond donors (Lipinski definition) is 1. The molecule has 1 aliphatic rings. The van der Waals surface area contributed by atoms with Crippen LogP contribution in [0, 0.1) is 0 Å². The van der Waals surface area contributed by atoms with E-state index in [1.165, 1.54) is 4.41 Å². The molecule has 5 nitrogen and oxygen atoms in total. The van der Waals surface area contributed by atoms with E-state index in [2.05, 4.69) is 12.2 Å². The zero-order valence-electron chi connectivity index (χ0n) is 13.1. The molecule has 0 bridgehead atoms. The Morgan fingerprint density at radius 3 is 2.26 bits per heavy atom. The van der Waals surface area contributed by atoms with Gasteiger partial charge in [-0.15, -0.1) is 0 Å². The summed E-state index contributed by atoms with van der Waals surface area (Å²) in [5, 5.41) is 5.25. The minimum atomic E-state index is -3.65. The molecule has 1 heterocycles. The van der Waals surface area contributed by atoms with Crippen molar-refractivity contribution in [2.24, 2.45) is 0 Å². The van der Waals surface area contributed by atoms with E-state index in [0.717, 1.165) is 6.54 Å². The Bertz CT molecular complexity index is 735. The SMILES string of the molecule is CC1CN(N(c2ccccc2)S(=O)(=O)c2ccccc2)CCN1. The van der Waals surface area contributed by atoms with E-state index in [0.29, 0.717) is 23.7 Å². The lowest BCUT2D eigenvalue weighted by atomic mass is 10.2. The van der Waals surface area contributed by atoms with Gasteiger partial charge in [-0.1, -0.05) is 36.4 Å². The molecule has 0 aliphatic carbocycles. The van der Waals surface area contributed by atoms with Crippen molar-refractivity contribution in [1.82, 2.24) is 10.3 Å². The Labute approximate surface area is 137 Å². The third kappa shape index (κ3) is 3.39. The van der Waals surface area contributed by atoms with Crippen molar-refractivity contribution in [2.45, 2.75) is 17.9 Å². The summed E-state index contributed by atoms with van der Waals surface area (Å²) in [6.45, 7) is 4.10. The molecule has 0 amide bonds. The number of rotatable bonds is 4. The third-order valence-electron chi connectivity index (χ3n) is 3.85. The normalized spacial score (nSPS) is 19.4. The summed E-state index contributed by atoms with van der Waals surface area (Å²) in [7, 11) is -3.65. The smallest absolute Gasteiger partial charge is 0.277 e. The first-order valence-electron chi connectivity index (χ1n) is 7.73. The second-order valence-electron chi connectivity index (χ2n) is 5.66. The van der Waals surface area contributed by atoms with Crippen LogP contribution in [0.25, 0.3) is 0 Å². The predicted molar refractivity (Wildman–Crippen MR) is 91.6 cm³/mol. The number of piperazine rings is 1. The van der Waals surface area contributed by atoms with Gasteiger partial charge in [0.15, 0.2) is 0 Å². The molecule has 1 fully saturated rings. The molecule has 6 heteroatoms. The fourth-order valence-electron chi connectivity index (χ4n) is 2.78. The Morgan fingerprint density at radius 2 is 1.65 bits per heavy atom. The fourth-order valence-corrected chi connectivity index (χ4v) is 4.33. The second-order valence-corrected chi connectivity index (χ2v) is 7.43. The lowest BCUT2D eigenvalue weighted by Gasteiger charge is -2.40. The molecular weight excluding hydrogens is 310 g/mol. The van der Waals surface area contributed by atoms with Crippen molar-refractivity contribution in [2.75, 3.05) is 24.0 Å². The maximum atomic E-state index is 13.2. The van der Waals surface area contributed by atoms with Crippen LogP contribution in [0.15, 0.2) is 65.6 Å². The predicted octanol–water partition coefficient (Wildman–Crippen LogP) is 2.09. The largest absolute Gasteiger partial charge is 0.312 e. The number of hydrazine groups is 1. The van der Waals surface area contributed by atoms with Crippen molar-refractivity contribution >= 4 is 15.7 Å². The quantitative estimate of drug-likeness (QED) is 0.932. The second kappa shape index (κ2) is 6.70. The van der Waals surface area contributed by atoms with Crippen LogP contribution in [0.5, 0.6) is 0 Å². The number of para-hydroxylation sites is 1. The Hall–Kier alpha value is -1.89. The van der Waals surface area contributed by atoms with Crippen LogP contribution < -0.4 is 9.73 Å². The summed E-state index contributed by atoms with van der Waals surface area (Å²) in [4.78, 5) is 0.301. The zero-order chi connectivity index (χ0) is 16.3. The van der Waals surface area contributed by atoms with Gasteiger partial charge in [0.05, 0.1) is 10.6 Å². The van der Waals surface area contributed by atoms with Crippen molar-refractivity contribution in [3.05, 3.63) is 60.7 Å². The molecule has 23 heavy (non-hydrogen) atoms. The van der Waals surface area contributed by atoms with Gasteiger partial charge < -0.3 is 5.32 Å².